The molecule has 0 saturated carbocycles. The predicted molar refractivity (Wildman–Crippen MR) is 76.7 cm³/mol. The summed E-state index contributed by atoms with van der Waals surface area (Å²) in [7, 11) is 0. The zero-order chi connectivity index (χ0) is 14.6. The van der Waals surface area contributed by atoms with Crippen LogP contribution in [0, 0.1) is 11.8 Å². The summed E-state index contributed by atoms with van der Waals surface area (Å²) in [6, 6.07) is 0. The van der Waals surface area contributed by atoms with Crippen LogP contribution in [-0.4, -0.2) is 35.3 Å². The van der Waals surface area contributed by atoms with E-state index in [2.05, 4.69) is 12.2 Å². The van der Waals surface area contributed by atoms with E-state index in [1.165, 1.54) is 0 Å². The van der Waals surface area contributed by atoms with Crippen LogP contribution in [0.4, 0.5) is 0 Å². The Morgan fingerprint density at radius 3 is 2.53 bits per heavy atom. The third-order valence-electron chi connectivity index (χ3n) is 3.94. The molecule has 1 aliphatic heterocycles. The molecule has 0 aromatic carbocycles. The second-order valence-electron chi connectivity index (χ2n) is 6.50. The molecule has 0 bridgehead atoms. The molecule has 0 unspecified atom stereocenters. The third-order valence-corrected chi connectivity index (χ3v) is 3.94. The normalized spacial score (nSPS) is 20.5. The summed E-state index contributed by atoms with van der Waals surface area (Å²) in [5, 5.41) is 3.09. The molecule has 1 saturated heterocycles. The van der Waals surface area contributed by atoms with Gasteiger partial charge in [0.1, 0.15) is 0 Å². The average Bonchev–Trinajstić information content (AvgIpc) is 2.37. The number of carbonyl (C=O) groups is 2. The second-order valence-corrected chi connectivity index (χ2v) is 6.50. The van der Waals surface area contributed by atoms with Crippen LogP contribution in [0.2, 0.25) is 0 Å². The van der Waals surface area contributed by atoms with Gasteiger partial charge < -0.3 is 10.2 Å². The van der Waals surface area contributed by atoms with E-state index in [4.69, 9.17) is 0 Å². The van der Waals surface area contributed by atoms with Crippen molar-refractivity contribution in [1.29, 1.82) is 0 Å². The maximum absolute atomic E-state index is 12.3. The molecule has 110 valence electrons. The van der Waals surface area contributed by atoms with Gasteiger partial charge in [-0.1, -0.05) is 20.8 Å². The highest BCUT2D eigenvalue weighted by molar-refractivity contribution is 5.82. The van der Waals surface area contributed by atoms with Crippen LogP contribution in [0.25, 0.3) is 0 Å². The van der Waals surface area contributed by atoms with Gasteiger partial charge in [0.25, 0.3) is 0 Å². The number of nitrogens with zero attached hydrogens (tertiary/aromatic N) is 1. The van der Waals surface area contributed by atoms with Crippen LogP contribution >= 0.6 is 0 Å². The topological polar surface area (TPSA) is 49.4 Å². The van der Waals surface area contributed by atoms with Gasteiger partial charge in [0.15, 0.2) is 0 Å². The standard InChI is InChI=1S/C15H28N2O2/c1-6-15(4,5)16-13(18)12-8-7-9-17(10-12)14(19)11(2)3/h11-12H,6-10H2,1-5H3,(H,16,18)/t12-/m0/s1. The Kier molecular flexibility index (Phi) is 5.39. The molecule has 1 heterocycles. The Labute approximate surface area is 116 Å². The van der Waals surface area contributed by atoms with Crippen molar-refractivity contribution in [3.05, 3.63) is 0 Å². The molecule has 0 radical (unpaired) electrons. The largest absolute Gasteiger partial charge is 0.351 e. The fourth-order valence-corrected chi connectivity index (χ4v) is 2.28. The molecule has 19 heavy (non-hydrogen) atoms. The van der Waals surface area contributed by atoms with E-state index >= 15 is 0 Å². The van der Waals surface area contributed by atoms with E-state index in [9.17, 15) is 9.59 Å². The van der Waals surface area contributed by atoms with E-state index in [0.717, 1.165) is 25.8 Å². The van der Waals surface area contributed by atoms with Crippen LogP contribution in [0.5, 0.6) is 0 Å². The molecular weight excluding hydrogens is 240 g/mol. The minimum atomic E-state index is -0.165. The summed E-state index contributed by atoms with van der Waals surface area (Å²) in [5.74, 6) is 0.205. The molecule has 4 heteroatoms. The monoisotopic (exact) mass is 268 g/mol. The van der Waals surface area contributed by atoms with Crippen molar-refractivity contribution in [2.45, 2.75) is 59.4 Å². The summed E-state index contributed by atoms with van der Waals surface area (Å²) in [6.07, 6.45) is 2.71. The highest BCUT2D eigenvalue weighted by Crippen LogP contribution is 2.20. The number of amides is 2. The molecular formula is C15H28N2O2. The van der Waals surface area contributed by atoms with Crippen LogP contribution < -0.4 is 5.32 Å². The van der Waals surface area contributed by atoms with Crippen molar-refractivity contribution < 1.29 is 9.59 Å². The molecule has 1 atom stereocenters. The molecule has 0 aromatic rings. The number of nitrogens with one attached hydrogen (secondary N) is 1. The van der Waals surface area contributed by atoms with Gasteiger partial charge in [-0.15, -0.1) is 0 Å². The number of piperidine rings is 1. The van der Waals surface area contributed by atoms with Crippen molar-refractivity contribution in [3.63, 3.8) is 0 Å². The Morgan fingerprint density at radius 2 is 2.00 bits per heavy atom. The van der Waals surface area contributed by atoms with E-state index in [0.29, 0.717) is 6.54 Å². The Morgan fingerprint density at radius 1 is 1.37 bits per heavy atom. The quantitative estimate of drug-likeness (QED) is 0.849. The van der Waals surface area contributed by atoms with Crippen molar-refractivity contribution >= 4 is 11.8 Å². The number of rotatable bonds is 4. The molecule has 0 spiro atoms. The highest BCUT2D eigenvalue weighted by atomic mass is 16.2. The molecule has 0 aromatic heterocycles. The van der Waals surface area contributed by atoms with E-state index in [1.807, 2.05) is 32.6 Å². The predicted octanol–water partition coefficient (Wildman–Crippen LogP) is 2.19. The molecule has 1 N–H and O–H groups in total. The molecule has 0 aliphatic carbocycles. The lowest BCUT2D eigenvalue weighted by atomic mass is 9.94. The lowest BCUT2D eigenvalue weighted by Crippen LogP contribution is -2.51. The van der Waals surface area contributed by atoms with Crippen molar-refractivity contribution in [1.82, 2.24) is 10.2 Å². The van der Waals surface area contributed by atoms with E-state index in [1.54, 1.807) is 0 Å². The minimum absolute atomic E-state index is 0.00824. The number of carbonyl (C=O) groups excluding carboxylic acids is 2. The van der Waals surface area contributed by atoms with Gasteiger partial charge in [-0.2, -0.15) is 0 Å². The van der Waals surface area contributed by atoms with Crippen molar-refractivity contribution in [2.24, 2.45) is 11.8 Å². The fraction of sp³-hybridized carbons (Fsp3) is 0.867. The molecule has 2 amide bonds. The molecule has 1 rings (SSSR count). The highest BCUT2D eigenvalue weighted by Gasteiger charge is 2.31. The Balaban J connectivity index is 2.60. The SMILES string of the molecule is CCC(C)(C)NC(=O)[C@H]1CCCN(C(=O)C(C)C)C1. The smallest absolute Gasteiger partial charge is 0.225 e. The lowest BCUT2D eigenvalue weighted by Gasteiger charge is -2.35. The first-order valence-corrected chi connectivity index (χ1v) is 7.37. The van der Waals surface area contributed by atoms with Crippen LogP contribution in [0.15, 0.2) is 0 Å². The maximum atomic E-state index is 12.3. The molecule has 1 fully saturated rings. The Bertz CT molecular complexity index is 337. The van der Waals surface area contributed by atoms with Crippen molar-refractivity contribution in [2.75, 3.05) is 13.1 Å². The Hall–Kier alpha value is -1.06. The summed E-state index contributed by atoms with van der Waals surface area (Å²) >= 11 is 0. The first-order chi connectivity index (χ1) is 8.76. The van der Waals surface area contributed by atoms with Crippen molar-refractivity contribution in [3.8, 4) is 0 Å². The number of likely N-dealkylation sites (tertiary alicyclic amines) is 1. The summed E-state index contributed by atoms with van der Waals surface area (Å²) in [5.41, 5.74) is -0.165. The summed E-state index contributed by atoms with van der Waals surface area (Å²) in [6.45, 7) is 11.3. The third kappa shape index (κ3) is 4.51. The van der Waals surface area contributed by atoms with Gasteiger partial charge in [-0.25, -0.2) is 0 Å². The van der Waals surface area contributed by atoms with Crippen LogP contribution in [0.3, 0.4) is 0 Å². The van der Waals surface area contributed by atoms with E-state index < -0.39 is 0 Å². The zero-order valence-electron chi connectivity index (χ0n) is 13.0. The van der Waals surface area contributed by atoms with Gasteiger partial charge in [0.2, 0.25) is 11.8 Å². The average molecular weight is 268 g/mol. The summed E-state index contributed by atoms with van der Waals surface area (Å²) < 4.78 is 0. The van der Waals surface area contributed by atoms with Gasteiger partial charge in [-0.05, 0) is 33.1 Å². The number of hydrogen-bond acceptors (Lipinski definition) is 2. The van der Waals surface area contributed by atoms with Gasteiger partial charge in [-0.3, -0.25) is 9.59 Å². The molecule has 1 aliphatic rings. The van der Waals surface area contributed by atoms with E-state index in [-0.39, 0.29) is 29.2 Å². The second kappa shape index (κ2) is 6.40. The first kappa shape index (κ1) is 16.0. The first-order valence-electron chi connectivity index (χ1n) is 7.37. The van der Waals surface area contributed by atoms with Gasteiger partial charge in [0, 0.05) is 24.5 Å². The van der Waals surface area contributed by atoms with Gasteiger partial charge in [0.05, 0.1) is 5.92 Å². The van der Waals surface area contributed by atoms with Crippen LogP contribution in [0.1, 0.15) is 53.9 Å². The number of hydrogen-bond donors (Lipinski definition) is 1. The molecule has 4 nitrogen and oxygen atoms in total. The minimum Gasteiger partial charge on any atom is -0.351 e. The van der Waals surface area contributed by atoms with Gasteiger partial charge >= 0.3 is 0 Å². The zero-order valence-corrected chi connectivity index (χ0v) is 13.0. The summed E-state index contributed by atoms with van der Waals surface area (Å²) in [4.78, 5) is 26.1. The lowest BCUT2D eigenvalue weighted by molar-refractivity contribution is -0.138. The maximum Gasteiger partial charge on any atom is 0.225 e. The van der Waals surface area contributed by atoms with Crippen LogP contribution in [-0.2, 0) is 9.59 Å². The fourth-order valence-electron chi connectivity index (χ4n) is 2.28.